The van der Waals surface area contributed by atoms with Crippen molar-refractivity contribution in [2.75, 3.05) is 6.73 Å². The SMILES string of the molecule is O=S1c2ccccc2CN1CO. The van der Waals surface area contributed by atoms with Gasteiger partial charge in [-0.05, 0) is 11.6 Å². The molecule has 1 aromatic carbocycles. The Bertz CT molecular complexity index is 327. The van der Waals surface area contributed by atoms with E-state index in [4.69, 9.17) is 5.11 Å². The Labute approximate surface area is 73.2 Å². The van der Waals surface area contributed by atoms with E-state index in [1.165, 1.54) is 4.31 Å². The molecule has 1 aromatic rings. The molecule has 1 atom stereocenters. The molecule has 1 heterocycles. The first-order valence-electron chi connectivity index (χ1n) is 3.68. The molecule has 0 fully saturated rings. The largest absolute Gasteiger partial charge is 0.380 e. The predicted octanol–water partition coefficient (Wildman–Crippen LogP) is 0.475. The van der Waals surface area contributed by atoms with Crippen LogP contribution in [0.4, 0.5) is 0 Å². The summed E-state index contributed by atoms with van der Waals surface area (Å²) in [6.07, 6.45) is 0. The zero-order valence-electron chi connectivity index (χ0n) is 6.43. The number of hydrogen-bond acceptors (Lipinski definition) is 2. The number of hydrogen-bond donors (Lipinski definition) is 1. The van der Waals surface area contributed by atoms with Crippen molar-refractivity contribution in [1.82, 2.24) is 4.31 Å². The zero-order chi connectivity index (χ0) is 8.55. The average Bonchev–Trinajstić information content (AvgIpc) is 2.44. The quantitative estimate of drug-likeness (QED) is 0.687. The van der Waals surface area contributed by atoms with Crippen molar-refractivity contribution >= 4 is 11.0 Å². The van der Waals surface area contributed by atoms with Crippen LogP contribution in [-0.4, -0.2) is 20.4 Å². The third kappa shape index (κ3) is 1.08. The Morgan fingerprint density at radius 2 is 2.25 bits per heavy atom. The zero-order valence-corrected chi connectivity index (χ0v) is 7.25. The minimum Gasteiger partial charge on any atom is -0.380 e. The van der Waals surface area contributed by atoms with Crippen molar-refractivity contribution < 1.29 is 9.32 Å². The Balaban J connectivity index is 2.42. The summed E-state index contributed by atoms with van der Waals surface area (Å²) in [6, 6.07) is 7.54. The second-order valence-electron chi connectivity index (χ2n) is 2.64. The Hall–Kier alpha value is -0.710. The first-order valence-corrected chi connectivity index (χ1v) is 4.79. The summed E-state index contributed by atoms with van der Waals surface area (Å²) in [6.45, 7) is 0.431. The van der Waals surface area contributed by atoms with Crippen molar-refractivity contribution in [2.45, 2.75) is 11.4 Å². The van der Waals surface area contributed by atoms with E-state index < -0.39 is 11.0 Å². The van der Waals surface area contributed by atoms with Crippen molar-refractivity contribution in [3.8, 4) is 0 Å². The maximum atomic E-state index is 11.5. The van der Waals surface area contributed by atoms with Crippen LogP contribution in [0.25, 0.3) is 0 Å². The van der Waals surface area contributed by atoms with Crippen molar-refractivity contribution in [3.63, 3.8) is 0 Å². The van der Waals surface area contributed by atoms with Crippen LogP contribution < -0.4 is 0 Å². The highest BCUT2D eigenvalue weighted by Crippen LogP contribution is 2.25. The van der Waals surface area contributed by atoms with E-state index in [0.29, 0.717) is 6.54 Å². The van der Waals surface area contributed by atoms with Crippen LogP contribution in [0.5, 0.6) is 0 Å². The molecule has 0 bridgehead atoms. The van der Waals surface area contributed by atoms with Crippen LogP contribution in [0.1, 0.15) is 5.56 Å². The van der Waals surface area contributed by atoms with E-state index in [0.717, 1.165) is 10.5 Å². The third-order valence-corrected chi connectivity index (χ3v) is 3.39. The van der Waals surface area contributed by atoms with E-state index >= 15 is 0 Å². The summed E-state index contributed by atoms with van der Waals surface area (Å²) >= 11 is 0. The van der Waals surface area contributed by atoms with Gasteiger partial charge < -0.3 is 5.11 Å². The monoisotopic (exact) mass is 183 g/mol. The van der Waals surface area contributed by atoms with Crippen LogP contribution in [0.3, 0.4) is 0 Å². The number of fused-ring (bicyclic) bond motifs is 1. The van der Waals surface area contributed by atoms with E-state index in [9.17, 15) is 4.21 Å². The van der Waals surface area contributed by atoms with Crippen LogP contribution in [0.15, 0.2) is 29.2 Å². The average molecular weight is 183 g/mol. The van der Waals surface area contributed by atoms with Crippen LogP contribution in [-0.2, 0) is 17.5 Å². The maximum Gasteiger partial charge on any atom is 0.130 e. The molecule has 0 aliphatic carbocycles. The van der Waals surface area contributed by atoms with Crippen molar-refractivity contribution in [2.24, 2.45) is 0 Å². The van der Waals surface area contributed by atoms with Gasteiger partial charge in [-0.2, -0.15) is 4.31 Å². The van der Waals surface area contributed by atoms with Gasteiger partial charge in [0.25, 0.3) is 0 Å². The summed E-state index contributed by atoms with van der Waals surface area (Å²) in [5, 5.41) is 8.84. The first-order chi connectivity index (χ1) is 5.83. The first kappa shape index (κ1) is 7.91. The molecule has 1 aliphatic heterocycles. The van der Waals surface area contributed by atoms with Gasteiger partial charge in [0.15, 0.2) is 0 Å². The minimum absolute atomic E-state index is 0.151. The van der Waals surface area contributed by atoms with Gasteiger partial charge in [-0.15, -0.1) is 0 Å². The van der Waals surface area contributed by atoms with E-state index in [-0.39, 0.29) is 6.73 Å². The molecule has 3 nitrogen and oxygen atoms in total. The molecule has 2 rings (SSSR count). The number of benzene rings is 1. The topological polar surface area (TPSA) is 40.5 Å². The molecule has 0 amide bonds. The van der Waals surface area contributed by atoms with Gasteiger partial charge >= 0.3 is 0 Å². The molecule has 1 aliphatic rings. The summed E-state index contributed by atoms with van der Waals surface area (Å²) in [7, 11) is -1.15. The molecule has 1 N–H and O–H groups in total. The molecule has 0 saturated carbocycles. The Morgan fingerprint density at radius 1 is 1.50 bits per heavy atom. The lowest BCUT2D eigenvalue weighted by molar-refractivity contribution is 0.184. The standard InChI is InChI=1S/C8H9NO2S/c10-6-9-5-7-3-1-2-4-8(7)12(9)11/h1-4,10H,5-6H2. The lowest BCUT2D eigenvalue weighted by Crippen LogP contribution is -2.19. The van der Waals surface area contributed by atoms with Crippen molar-refractivity contribution in [1.29, 1.82) is 0 Å². The summed E-state index contributed by atoms with van der Waals surface area (Å²) in [5.74, 6) is 0. The molecular weight excluding hydrogens is 174 g/mol. The smallest absolute Gasteiger partial charge is 0.130 e. The van der Waals surface area contributed by atoms with E-state index in [1.807, 2.05) is 24.3 Å². The molecule has 0 radical (unpaired) electrons. The molecule has 4 heteroatoms. The highest BCUT2D eigenvalue weighted by molar-refractivity contribution is 7.83. The normalized spacial score (nSPS) is 22.6. The van der Waals surface area contributed by atoms with Gasteiger partial charge in [-0.1, -0.05) is 18.2 Å². The molecule has 0 saturated heterocycles. The maximum absolute atomic E-state index is 11.5. The number of nitrogens with zero attached hydrogens (tertiary/aromatic N) is 1. The van der Waals surface area contributed by atoms with Crippen LogP contribution in [0.2, 0.25) is 0 Å². The van der Waals surface area contributed by atoms with E-state index in [1.54, 1.807) is 0 Å². The molecule has 0 spiro atoms. The lowest BCUT2D eigenvalue weighted by Gasteiger charge is -2.06. The van der Waals surface area contributed by atoms with Gasteiger partial charge in [0.1, 0.15) is 17.7 Å². The van der Waals surface area contributed by atoms with E-state index in [2.05, 4.69) is 0 Å². The van der Waals surface area contributed by atoms with Gasteiger partial charge in [-0.3, -0.25) is 0 Å². The summed E-state index contributed by atoms with van der Waals surface area (Å²) < 4.78 is 13.0. The fraction of sp³-hybridized carbons (Fsp3) is 0.250. The van der Waals surface area contributed by atoms with Gasteiger partial charge in [0, 0.05) is 6.54 Å². The summed E-state index contributed by atoms with van der Waals surface area (Å²) in [5.41, 5.74) is 1.05. The Kier molecular flexibility index (Phi) is 1.96. The fourth-order valence-electron chi connectivity index (χ4n) is 1.29. The summed E-state index contributed by atoms with van der Waals surface area (Å²) in [4.78, 5) is 0.826. The fourth-order valence-corrected chi connectivity index (χ4v) is 2.49. The Morgan fingerprint density at radius 3 is 2.92 bits per heavy atom. The van der Waals surface area contributed by atoms with Gasteiger partial charge in [0.2, 0.25) is 0 Å². The lowest BCUT2D eigenvalue weighted by atomic mass is 10.2. The van der Waals surface area contributed by atoms with Crippen molar-refractivity contribution in [3.05, 3.63) is 29.8 Å². The highest BCUT2D eigenvalue weighted by Gasteiger charge is 2.25. The van der Waals surface area contributed by atoms with Gasteiger partial charge in [0.05, 0.1) is 4.90 Å². The second-order valence-corrected chi connectivity index (χ2v) is 4.09. The van der Waals surface area contributed by atoms with Crippen LogP contribution >= 0.6 is 0 Å². The molecule has 1 unspecified atom stereocenters. The predicted molar refractivity (Wildman–Crippen MR) is 45.5 cm³/mol. The molecular formula is C8H9NO2S. The third-order valence-electron chi connectivity index (χ3n) is 1.90. The number of aliphatic hydroxyl groups excluding tert-OH is 1. The molecule has 0 aromatic heterocycles. The second kappa shape index (κ2) is 2.97. The molecule has 64 valence electrons. The van der Waals surface area contributed by atoms with Crippen LogP contribution in [0, 0.1) is 0 Å². The minimum atomic E-state index is -1.15. The number of aliphatic hydroxyl groups is 1. The molecule has 12 heavy (non-hydrogen) atoms. The van der Waals surface area contributed by atoms with Gasteiger partial charge in [-0.25, -0.2) is 4.21 Å². The highest BCUT2D eigenvalue weighted by atomic mass is 32.2. The number of rotatable bonds is 1.